The first-order valence-corrected chi connectivity index (χ1v) is 9.19. The van der Waals surface area contributed by atoms with Crippen LogP contribution in [0, 0.1) is 0 Å². The Morgan fingerprint density at radius 1 is 1.36 bits per heavy atom. The summed E-state index contributed by atoms with van der Waals surface area (Å²) in [6, 6.07) is 7.94. The average Bonchev–Trinajstić information content (AvgIpc) is 3.05. The minimum Gasteiger partial charge on any atom is -0.337 e. The van der Waals surface area contributed by atoms with Crippen LogP contribution in [0.4, 0.5) is 0 Å². The first-order valence-electron chi connectivity index (χ1n) is 8.81. The number of halogens is 1. The summed E-state index contributed by atoms with van der Waals surface area (Å²) in [6.45, 7) is 3.59. The summed E-state index contributed by atoms with van der Waals surface area (Å²) < 4.78 is 1.74. The molecule has 0 spiro atoms. The molecule has 1 N–H and O–H groups in total. The third kappa shape index (κ3) is 3.85. The molecule has 3 rings (SSSR count). The maximum absolute atomic E-state index is 13.0. The van der Waals surface area contributed by atoms with Gasteiger partial charge in [-0.05, 0) is 44.5 Å². The van der Waals surface area contributed by atoms with E-state index in [1.165, 1.54) is 0 Å². The third-order valence-electron chi connectivity index (χ3n) is 4.70. The molecule has 1 aliphatic rings. The molecule has 2 aromatic rings. The van der Waals surface area contributed by atoms with Crippen LogP contribution in [0.5, 0.6) is 0 Å². The molecular formula is C18H24ClN5O. The SMILES string of the molecule is CCCc1c(C(=O)N2CCC(NC)CC2)nnn1-c1cccc(Cl)c1. The van der Waals surface area contributed by atoms with Gasteiger partial charge in [-0.2, -0.15) is 0 Å². The number of nitrogens with zero attached hydrogens (tertiary/aromatic N) is 4. The Bertz CT molecular complexity index is 737. The topological polar surface area (TPSA) is 63.1 Å². The van der Waals surface area contributed by atoms with Crippen LogP contribution in [-0.2, 0) is 6.42 Å². The first kappa shape index (κ1) is 17.9. The monoisotopic (exact) mass is 361 g/mol. The lowest BCUT2D eigenvalue weighted by molar-refractivity contribution is 0.0700. The summed E-state index contributed by atoms with van der Waals surface area (Å²) >= 11 is 6.10. The van der Waals surface area contributed by atoms with Crippen LogP contribution in [0.25, 0.3) is 5.69 Å². The largest absolute Gasteiger partial charge is 0.337 e. The molecule has 2 heterocycles. The summed E-state index contributed by atoms with van der Waals surface area (Å²) in [5.41, 5.74) is 2.15. The van der Waals surface area contributed by atoms with Crippen molar-refractivity contribution in [1.29, 1.82) is 0 Å². The normalized spacial score (nSPS) is 15.6. The maximum Gasteiger partial charge on any atom is 0.276 e. The number of rotatable bonds is 5. The van der Waals surface area contributed by atoms with Gasteiger partial charge in [0.2, 0.25) is 0 Å². The van der Waals surface area contributed by atoms with Crippen molar-refractivity contribution in [2.24, 2.45) is 0 Å². The number of hydrogen-bond acceptors (Lipinski definition) is 4. The van der Waals surface area contributed by atoms with Crippen LogP contribution in [-0.4, -0.2) is 52.0 Å². The molecule has 25 heavy (non-hydrogen) atoms. The standard InChI is InChI=1S/C18H24ClN5O/c1-3-5-16-17(18(25)23-10-8-14(20-2)9-11-23)21-22-24(16)15-7-4-6-13(19)12-15/h4,6-7,12,14,20H,3,5,8-11H2,1-2H3. The van der Waals surface area contributed by atoms with Crippen molar-refractivity contribution in [2.75, 3.05) is 20.1 Å². The zero-order chi connectivity index (χ0) is 17.8. The van der Waals surface area contributed by atoms with Gasteiger partial charge in [-0.25, -0.2) is 4.68 Å². The number of benzene rings is 1. The Morgan fingerprint density at radius 2 is 2.12 bits per heavy atom. The minimum absolute atomic E-state index is 0.0220. The van der Waals surface area contributed by atoms with Crippen LogP contribution in [0.15, 0.2) is 24.3 Å². The molecule has 0 aliphatic carbocycles. The molecule has 1 amide bonds. The number of aromatic nitrogens is 3. The Hall–Kier alpha value is -1.92. The van der Waals surface area contributed by atoms with Crippen molar-refractivity contribution in [3.05, 3.63) is 40.7 Å². The van der Waals surface area contributed by atoms with Crippen molar-refractivity contribution in [3.8, 4) is 5.69 Å². The van der Waals surface area contributed by atoms with E-state index in [-0.39, 0.29) is 5.91 Å². The number of hydrogen-bond donors (Lipinski definition) is 1. The fourth-order valence-corrected chi connectivity index (χ4v) is 3.45. The highest BCUT2D eigenvalue weighted by atomic mass is 35.5. The Morgan fingerprint density at radius 3 is 2.76 bits per heavy atom. The van der Waals surface area contributed by atoms with Crippen molar-refractivity contribution in [1.82, 2.24) is 25.2 Å². The van der Waals surface area contributed by atoms with Crippen LogP contribution in [0.3, 0.4) is 0 Å². The smallest absolute Gasteiger partial charge is 0.276 e. The molecule has 0 saturated carbocycles. The van der Waals surface area contributed by atoms with Crippen molar-refractivity contribution >= 4 is 17.5 Å². The second-order valence-electron chi connectivity index (χ2n) is 6.38. The molecule has 6 nitrogen and oxygen atoms in total. The van der Waals surface area contributed by atoms with Crippen molar-refractivity contribution in [2.45, 2.75) is 38.6 Å². The number of amides is 1. The molecule has 0 radical (unpaired) electrons. The number of piperidine rings is 1. The fraction of sp³-hybridized carbons (Fsp3) is 0.500. The molecule has 0 bridgehead atoms. The lowest BCUT2D eigenvalue weighted by atomic mass is 10.0. The van der Waals surface area contributed by atoms with E-state index in [9.17, 15) is 4.79 Å². The van der Waals surface area contributed by atoms with E-state index in [1.54, 1.807) is 4.68 Å². The molecule has 1 aromatic heterocycles. The van der Waals surface area contributed by atoms with E-state index in [2.05, 4.69) is 22.6 Å². The van der Waals surface area contributed by atoms with Gasteiger partial charge in [0.15, 0.2) is 5.69 Å². The molecule has 1 aliphatic heterocycles. The fourth-order valence-electron chi connectivity index (χ4n) is 3.27. The highest BCUT2D eigenvalue weighted by Crippen LogP contribution is 2.21. The van der Waals surface area contributed by atoms with Crippen LogP contribution in [0.1, 0.15) is 42.4 Å². The average molecular weight is 362 g/mol. The Balaban J connectivity index is 1.88. The van der Waals surface area contributed by atoms with Gasteiger partial charge in [0, 0.05) is 24.2 Å². The van der Waals surface area contributed by atoms with Crippen LogP contribution >= 0.6 is 11.6 Å². The number of carbonyl (C=O) groups is 1. The molecule has 1 fully saturated rings. The zero-order valence-electron chi connectivity index (χ0n) is 14.7. The summed E-state index contributed by atoms with van der Waals surface area (Å²) in [5, 5.41) is 12.4. The van der Waals surface area contributed by atoms with Gasteiger partial charge in [-0.15, -0.1) is 5.10 Å². The Labute approximate surface area is 153 Å². The number of carbonyl (C=O) groups excluding carboxylic acids is 1. The highest BCUT2D eigenvalue weighted by molar-refractivity contribution is 6.30. The molecule has 0 unspecified atom stereocenters. The third-order valence-corrected chi connectivity index (χ3v) is 4.93. The minimum atomic E-state index is -0.0220. The van der Waals surface area contributed by atoms with E-state index in [0.717, 1.165) is 50.2 Å². The predicted molar refractivity (Wildman–Crippen MR) is 98.3 cm³/mol. The first-order chi connectivity index (χ1) is 12.1. The lowest BCUT2D eigenvalue weighted by Crippen LogP contribution is -2.44. The predicted octanol–water partition coefficient (Wildman–Crippen LogP) is 2.70. The molecule has 1 saturated heterocycles. The van der Waals surface area contributed by atoms with Gasteiger partial charge in [0.25, 0.3) is 5.91 Å². The molecule has 134 valence electrons. The number of likely N-dealkylation sites (tertiary alicyclic amines) is 1. The van der Waals surface area contributed by atoms with Gasteiger partial charge >= 0.3 is 0 Å². The van der Waals surface area contributed by atoms with Gasteiger partial charge in [0.05, 0.1) is 11.4 Å². The van der Waals surface area contributed by atoms with Crippen LogP contribution < -0.4 is 5.32 Å². The summed E-state index contributed by atoms with van der Waals surface area (Å²) in [7, 11) is 1.97. The number of nitrogens with one attached hydrogen (secondary N) is 1. The highest BCUT2D eigenvalue weighted by Gasteiger charge is 2.27. The Kier molecular flexibility index (Phi) is 5.71. The van der Waals surface area contributed by atoms with Crippen molar-refractivity contribution < 1.29 is 4.79 Å². The van der Waals surface area contributed by atoms with E-state index in [4.69, 9.17) is 11.6 Å². The molecule has 7 heteroatoms. The van der Waals surface area contributed by atoms with E-state index in [0.29, 0.717) is 16.8 Å². The molecule has 0 atom stereocenters. The van der Waals surface area contributed by atoms with E-state index < -0.39 is 0 Å². The van der Waals surface area contributed by atoms with Gasteiger partial charge < -0.3 is 10.2 Å². The summed E-state index contributed by atoms with van der Waals surface area (Å²) in [4.78, 5) is 14.9. The quantitative estimate of drug-likeness (QED) is 0.889. The second-order valence-corrected chi connectivity index (χ2v) is 6.82. The van der Waals surface area contributed by atoms with Gasteiger partial charge in [-0.1, -0.05) is 36.2 Å². The van der Waals surface area contributed by atoms with Gasteiger partial charge in [0.1, 0.15) is 0 Å². The van der Waals surface area contributed by atoms with E-state index >= 15 is 0 Å². The lowest BCUT2D eigenvalue weighted by Gasteiger charge is -2.31. The van der Waals surface area contributed by atoms with Crippen LogP contribution in [0.2, 0.25) is 5.02 Å². The van der Waals surface area contributed by atoms with Gasteiger partial charge in [-0.3, -0.25) is 4.79 Å². The molecule has 1 aromatic carbocycles. The second kappa shape index (κ2) is 7.97. The molecular weight excluding hydrogens is 338 g/mol. The zero-order valence-corrected chi connectivity index (χ0v) is 15.5. The van der Waals surface area contributed by atoms with E-state index in [1.807, 2.05) is 36.2 Å². The maximum atomic E-state index is 13.0. The van der Waals surface area contributed by atoms with Crippen molar-refractivity contribution in [3.63, 3.8) is 0 Å². The summed E-state index contributed by atoms with van der Waals surface area (Å²) in [5.74, 6) is -0.0220. The summed E-state index contributed by atoms with van der Waals surface area (Å²) in [6.07, 6.45) is 3.59.